The fraction of sp³-hybridized carbons (Fsp3) is 0.200. The number of aliphatic hydroxyl groups is 1. The van der Waals surface area contributed by atoms with Crippen molar-refractivity contribution in [2.24, 2.45) is 0 Å². The van der Waals surface area contributed by atoms with Crippen LogP contribution in [0.3, 0.4) is 0 Å². The van der Waals surface area contributed by atoms with Crippen LogP contribution in [0.2, 0.25) is 0 Å². The van der Waals surface area contributed by atoms with Crippen molar-refractivity contribution in [1.82, 2.24) is 0 Å². The first-order chi connectivity index (χ1) is 6.76. The van der Waals surface area contributed by atoms with Crippen LogP contribution in [0.15, 0.2) is 18.2 Å². The fourth-order valence-corrected chi connectivity index (χ4v) is 2.87. The van der Waals surface area contributed by atoms with E-state index >= 15 is 0 Å². The summed E-state index contributed by atoms with van der Waals surface area (Å²) in [6, 6.07) is 5.96. The summed E-state index contributed by atoms with van der Waals surface area (Å²) in [6.07, 6.45) is 0. The highest BCUT2D eigenvalue weighted by Gasteiger charge is 2.07. The number of hydrogen-bond acceptors (Lipinski definition) is 3. The van der Waals surface area contributed by atoms with Gasteiger partial charge in [0.25, 0.3) is 0 Å². The zero-order valence-electron chi connectivity index (χ0n) is 7.46. The maximum atomic E-state index is 9.06. The van der Waals surface area contributed by atoms with E-state index in [4.69, 9.17) is 10.8 Å². The maximum absolute atomic E-state index is 9.06. The minimum Gasteiger partial charge on any atom is -0.398 e. The Balaban J connectivity index is 2.68. The molecule has 1 heterocycles. The van der Waals surface area contributed by atoms with Crippen molar-refractivity contribution in [1.29, 1.82) is 0 Å². The quantitative estimate of drug-likeness (QED) is 0.652. The van der Waals surface area contributed by atoms with Crippen LogP contribution < -0.4 is 5.73 Å². The molecule has 1 aromatic heterocycles. The molecule has 0 saturated heterocycles. The van der Waals surface area contributed by atoms with Gasteiger partial charge < -0.3 is 10.8 Å². The molecule has 0 aliphatic carbocycles. The molecule has 2 aromatic rings. The van der Waals surface area contributed by atoms with E-state index in [9.17, 15) is 0 Å². The number of hydrogen-bond donors (Lipinski definition) is 2. The van der Waals surface area contributed by atoms with Gasteiger partial charge in [-0.1, -0.05) is 22.0 Å². The van der Waals surface area contributed by atoms with Crippen molar-refractivity contribution in [2.45, 2.75) is 11.9 Å². The normalized spacial score (nSPS) is 11.0. The largest absolute Gasteiger partial charge is 0.398 e. The monoisotopic (exact) mass is 271 g/mol. The van der Waals surface area contributed by atoms with Gasteiger partial charge in [0, 0.05) is 31.5 Å². The first-order valence-corrected chi connectivity index (χ1v) is 6.16. The average Bonchev–Trinajstić information content (AvgIpc) is 2.62. The van der Waals surface area contributed by atoms with Gasteiger partial charge >= 0.3 is 0 Å². The molecule has 1 aromatic carbocycles. The Labute approximate surface area is 94.5 Å². The van der Waals surface area contributed by atoms with E-state index < -0.39 is 0 Å². The zero-order valence-corrected chi connectivity index (χ0v) is 9.86. The lowest BCUT2D eigenvalue weighted by Crippen LogP contribution is -1.93. The maximum Gasteiger partial charge on any atom is 0.0702 e. The molecule has 0 radical (unpaired) electrons. The first kappa shape index (κ1) is 9.96. The number of fused-ring (bicyclic) bond motifs is 1. The Morgan fingerprint density at radius 2 is 2.21 bits per heavy atom. The molecule has 0 unspecified atom stereocenters. The second-order valence-corrected chi connectivity index (χ2v) is 4.78. The molecular formula is C10H10BrNOS. The highest BCUT2D eigenvalue weighted by Crippen LogP contribution is 2.33. The first-order valence-electron chi connectivity index (χ1n) is 4.23. The highest BCUT2D eigenvalue weighted by atomic mass is 79.9. The number of benzene rings is 1. The number of nitrogens with two attached hydrogens (primary N) is 1. The van der Waals surface area contributed by atoms with Gasteiger partial charge in [-0.2, -0.15) is 0 Å². The van der Waals surface area contributed by atoms with Crippen LogP contribution in [0.25, 0.3) is 10.1 Å². The Kier molecular flexibility index (Phi) is 2.76. The molecule has 2 nitrogen and oxygen atoms in total. The fourth-order valence-electron chi connectivity index (χ4n) is 1.43. The molecule has 0 bridgehead atoms. The van der Waals surface area contributed by atoms with Crippen molar-refractivity contribution < 1.29 is 5.11 Å². The number of halogens is 1. The third-order valence-corrected chi connectivity index (χ3v) is 4.26. The molecule has 74 valence electrons. The number of aliphatic hydroxyl groups excluding tert-OH is 1. The Bertz CT molecular complexity index is 466. The molecule has 0 aliphatic rings. The van der Waals surface area contributed by atoms with E-state index in [2.05, 4.69) is 22.0 Å². The molecule has 0 saturated carbocycles. The number of anilines is 1. The average molecular weight is 272 g/mol. The van der Waals surface area contributed by atoms with Crippen LogP contribution in [0.1, 0.15) is 10.4 Å². The summed E-state index contributed by atoms with van der Waals surface area (Å²) >= 11 is 5.14. The van der Waals surface area contributed by atoms with Gasteiger partial charge in [-0.25, -0.2) is 0 Å². The summed E-state index contributed by atoms with van der Waals surface area (Å²) in [5.74, 6) is 0. The third kappa shape index (κ3) is 1.54. The van der Waals surface area contributed by atoms with Crippen LogP contribution >= 0.6 is 27.3 Å². The second kappa shape index (κ2) is 3.88. The number of rotatable bonds is 2. The molecule has 0 fully saturated rings. The minimum atomic E-state index is 0.00126. The molecule has 14 heavy (non-hydrogen) atoms. The zero-order chi connectivity index (χ0) is 10.1. The van der Waals surface area contributed by atoms with Crippen LogP contribution in [0, 0.1) is 0 Å². The molecule has 3 N–H and O–H groups in total. The van der Waals surface area contributed by atoms with Gasteiger partial charge in [0.1, 0.15) is 0 Å². The van der Waals surface area contributed by atoms with Crippen LogP contribution in [0.5, 0.6) is 0 Å². The van der Waals surface area contributed by atoms with Crippen molar-refractivity contribution in [3.05, 3.63) is 28.6 Å². The van der Waals surface area contributed by atoms with E-state index in [0.29, 0.717) is 5.69 Å². The predicted molar refractivity (Wildman–Crippen MR) is 64.8 cm³/mol. The van der Waals surface area contributed by atoms with E-state index in [1.54, 1.807) is 11.3 Å². The number of alkyl halides is 1. The summed E-state index contributed by atoms with van der Waals surface area (Å²) in [5.41, 5.74) is 7.43. The number of nitrogen functional groups attached to an aromatic ring is 1. The smallest absolute Gasteiger partial charge is 0.0702 e. The molecule has 0 atom stereocenters. The Hall–Kier alpha value is -0.580. The van der Waals surface area contributed by atoms with E-state index in [0.717, 1.165) is 16.3 Å². The summed E-state index contributed by atoms with van der Waals surface area (Å²) < 4.78 is 1.18. The summed E-state index contributed by atoms with van der Waals surface area (Å²) in [4.78, 5) is 1.25. The lowest BCUT2D eigenvalue weighted by Gasteiger charge is -2.02. The molecule has 0 amide bonds. The summed E-state index contributed by atoms with van der Waals surface area (Å²) in [7, 11) is 0. The highest BCUT2D eigenvalue weighted by molar-refractivity contribution is 9.08. The molecule has 2 rings (SSSR count). The van der Waals surface area contributed by atoms with Crippen LogP contribution in [0.4, 0.5) is 5.69 Å². The molecule has 4 heteroatoms. The van der Waals surface area contributed by atoms with Crippen molar-refractivity contribution in [3.8, 4) is 0 Å². The standard InChI is InChI=1S/C10H10BrNOS/c11-4-7-3-8-9(14-7)2-1-6(5-13)10(8)12/h1-3,13H,4-5,12H2. The third-order valence-electron chi connectivity index (χ3n) is 2.19. The van der Waals surface area contributed by atoms with Gasteiger partial charge in [0.2, 0.25) is 0 Å². The summed E-state index contributed by atoms with van der Waals surface area (Å²) in [5, 5.41) is 11.0. The van der Waals surface area contributed by atoms with Gasteiger partial charge in [-0.05, 0) is 12.1 Å². The van der Waals surface area contributed by atoms with Gasteiger partial charge in [-0.15, -0.1) is 11.3 Å². The van der Waals surface area contributed by atoms with Crippen molar-refractivity contribution in [3.63, 3.8) is 0 Å². The number of thiophene rings is 1. The van der Waals surface area contributed by atoms with Gasteiger partial charge in [0.05, 0.1) is 6.61 Å². The van der Waals surface area contributed by atoms with E-state index in [1.165, 1.54) is 9.58 Å². The molecular weight excluding hydrogens is 262 g/mol. The SMILES string of the molecule is Nc1c(CO)ccc2sc(CBr)cc12. The molecule has 0 aliphatic heterocycles. The van der Waals surface area contributed by atoms with Crippen LogP contribution in [-0.4, -0.2) is 5.11 Å². The lowest BCUT2D eigenvalue weighted by molar-refractivity contribution is 0.282. The van der Waals surface area contributed by atoms with E-state index in [1.807, 2.05) is 12.1 Å². The summed E-state index contributed by atoms with van der Waals surface area (Å²) in [6.45, 7) is 0.00126. The molecule has 0 spiro atoms. The van der Waals surface area contributed by atoms with Crippen molar-refractivity contribution in [2.75, 3.05) is 5.73 Å². The topological polar surface area (TPSA) is 46.2 Å². The van der Waals surface area contributed by atoms with Gasteiger partial charge in [0.15, 0.2) is 0 Å². The van der Waals surface area contributed by atoms with Crippen molar-refractivity contribution >= 4 is 43.0 Å². The second-order valence-electron chi connectivity index (χ2n) is 3.05. The Morgan fingerprint density at radius 3 is 2.86 bits per heavy atom. The van der Waals surface area contributed by atoms with Crippen LogP contribution in [-0.2, 0) is 11.9 Å². The van der Waals surface area contributed by atoms with E-state index in [-0.39, 0.29) is 6.61 Å². The minimum absolute atomic E-state index is 0.00126. The lowest BCUT2D eigenvalue weighted by atomic mass is 10.1. The predicted octanol–water partition coefficient (Wildman–Crippen LogP) is 2.87. The van der Waals surface area contributed by atoms with Gasteiger partial charge in [-0.3, -0.25) is 0 Å². The Morgan fingerprint density at radius 1 is 1.43 bits per heavy atom.